The predicted octanol–water partition coefficient (Wildman–Crippen LogP) is 5.10. The van der Waals surface area contributed by atoms with Gasteiger partial charge in [0.25, 0.3) is 5.91 Å². The van der Waals surface area contributed by atoms with Crippen molar-refractivity contribution in [1.82, 2.24) is 0 Å². The first-order valence-electron chi connectivity index (χ1n) is 9.16. The minimum absolute atomic E-state index is 0.0684. The molecule has 1 amide bonds. The topological polar surface area (TPSA) is 76.7 Å². The number of fused-ring (bicyclic) bond motifs is 1. The Morgan fingerprint density at radius 2 is 1.97 bits per heavy atom. The van der Waals surface area contributed by atoms with Crippen molar-refractivity contribution < 1.29 is 23.5 Å². The smallest absolute Gasteiger partial charge is 0.433 e. The maximum absolute atomic E-state index is 14.4. The van der Waals surface area contributed by atoms with E-state index < -0.39 is 12.0 Å². The highest BCUT2D eigenvalue weighted by Gasteiger charge is 2.23. The molecule has 0 radical (unpaired) electrons. The Morgan fingerprint density at radius 3 is 2.69 bits per heavy atom. The van der Waals surface area contributed by atoms with Crippen molar-refractivity contribution in [3.05, 3.63) is 59.5 Å². The third-order valence-electron chi connectivity index (χ3n) is 4.16. The first kappa shape index (κ1) is 20.4. The highest BCUT2D eigenvalue weighted by molar-refractivity contribution is 6.31. The molecule has 0 aliphatic carbocycles. The number of hydrogen-bond acceptors (Lipinski definition) is 5. The molecule has 0 bridgehead atoms. The third-order valence-corrected chi connectivity index (χ3v) is 4.16. The molecule has 0 unspecified atom stereocenters. The van der Waals surface area contributed by atoms with E-state index in [1.807, 2.05) is 32.9 Å². The zero-order chi connectivity index (χ0) is 21.2. The van der Waals surface area contributed by atoms with Gasteiger partial charge in [-0.15, -0.1) is 0 Å². The summed E-state index contributed by atoms with van der Waals surface area (Å²) in [7, 11) is 0. The van der Waals surface area contributed by atoms with Crippen molar-refractivity contribution in [2.24, 2.45) is 5.41 Å². The summed E-state index contributed by atoms with van der Waals surface area (Å²) in [6.07, 6.45) is 0.569. The first-order valence-corrected chi connectivity index (χ1v) is 9.16. The Bertz CT molecular complexity index is 993. The molecule has 2 N–H and O–H groups in total. The number of halogens is 1. The molecule has 0 aromatic heterocycles. The normalized spacial score (nSPS) is 14.4. The Kier molecular flexibility index (Phi) is 5.59. The number of carbonyl (C=O) groups excluding carboxylic acids is 2. The van der Waals surface area contributed by atoms with Crippen LogP contribution in [-0.2, 0) is 9.53 Å². The van der Waals surface area contributed by atoms with Crippen LogP contribution in [0.4, 0.5) is 20.6 Å². The zero-order valence-electron chi connectivity index (χ0n) is 16.8. The van der Waals surface area contributed by atoms with Crippen LogP contribution in [0.5, 0.6) is 5.75 Å². The minimum Gasteiger partial charge on any atom is -0.433 e. The van der Waals surface area contributed by atoms with E-state index in [4.69, 9.17) is 9.47 Å². The molecule has 0 saturated carbocycles. The summed E-state index contributed by atoms with van der Waals surface area (Å²) in [5.41, 5.74) is 2.11. The van der Waals surface area contributed by atoms with Gasteiger partial charge in [0, 0.05) is 23.5 Å². The standard InChI is InChI=1S/C22H23FN2O4/c1-13-9-16(23)18(10-19(13)29-21(27)28-12-22(2,3)4)24-11-15-14-7-5-6-8-17(14)25-20(15)26/h5-11,24H,12H2,1-4H3,(H,25,26). The van der Waals surface area contributed by atoms with Crippen LogP contribution in [0, 0.1) is 18.2 Å². The number of benzene rings is 2. The van der Waals surface area contributed by atoms with Gasteiger partial charge in [-0.2, -0.15) is 0 Å². The van der Waals surface area contributed by atoms with E-state index in [1.54, 1.807) is 19.1 Å². The fourth-order valence-electron chi connectivity index (χ4n) is 2.70. The molecule has 2 aromatic rings. The molecule has 2 aromatic carbocycles. The number of nitrogens with one attached hydrogen (secondary N) is 2. The number of para-hydroxylation sites is 1. The average molecular weight is 398 g/mol. The Labute approximate surface area is 168 Å². The van der Waals surface area contributed by atoms with E-state index in [-0.39, 0.29) is 29.4 Å². The Hall–Kier alpha value is -3.35. The van der Waals surface area contributed by atoms with E-state index >= 15 is 0 Å². The van der Waals surface area contributed by atoms with Gasteiger partial charge in [0.1, 0.15) is 11.6 Å². The van der Waals surface area contributed by atoms with Crippen molar-refractivity contribution in [1.29, 1.82) is 0 Å². The molecule has 0 saturated heterocycles. The number of carbonyl (C=O) groups is 2. The molecule has 1 aliphatic heterocycles. The largest absolute Gasteiger partial charge is 0.513 e. The average Bonchev–Trinajstić information content (AvgIpc) is 2.96. The van der Waals surface area contributed by atoms with E-state index in [0.29, 0.717) is 16.8 Å². The van der Waals surface area contributed by atoms with Crippen LogP contribution >= 0.6 is 0 Å². The summed E-state index contributed by atoms with van der Waals surface area (Å²) in [4.78, 5) is 24.1. The van der Waals surface area contributed by atoms with Gasteiger partial charge in [0.05, 0.1) is 17.9 Å². The molecule has 0 atom stereocenters. The van der Waals surface area contributed by atoms with Crippen LogP contribution < -0.4 is 15.4 Å². The van der Waals surface area contributed by atoms with Crippen molar-refractivity contribution in [2.75, 3.05) is 17.2 Å². The molecular weight excluding hydrogens is 375 g/mol. The van der Waals surface area contributed by atoms with E-state index in [0.717, 1.165) is 5.56 Å². The van der Waals surface area contributed by atoms with Crippen LogP contribution in [0.25, 0.3) is 5.57 Å². The summed E-state index contributed by atoms with van der Waals surface area (Å²) < 4.78 is 24.7. The number of rotatable bonds is 4. The SMILES string of the molecule is Cc1cc(F)c(NC=C2C(=O)Nc3ccccc32)cc1OC(=O)OCC(C)(C)C. The molecule has 0 spiro atoms. The lowest BCUT2D eigenvalue weighted by Crippen LogP contribution is -2.20. The van der Waals surface area contributed by atoms with E-state index in [1.165, 1.54) is 18.3 Å². The van der Waals surface area contributed by atoms with Gasteiger partial charge in [-0.3, -0.25) is 4.79 Å². The Morgan fingerprint density at radius 1 is 1.24 bits per heavy atom. The second kappa shape index (κ2) is 7.95. The molecular formula is C22H23FN2O4. The highest BCUT2D eigenvalue weighted by atomic mass is 19.1. The van der Waals surface area contributed by atoms with E-state index in [9.17, 15) is 14.0 Å². The number of hydrogen-bond donors (Lipinski definition) is 2. The van der Waals surface area contributed by atoms with Crippen LogP contribution in [0.2, 0.25) is 0 Å². The maximum Gasteiger partial charge on any atom is 0.513 e. The van der Waals surface area contributed by atoms with Gasteiger partial charge in [0.2, 0.25) is 0 Å². The van der Waals surface area contributed by atoms with Crippen molar-refractivity contribution in [3.8, 4) is 5.75 Å². The summed E-state index contributed by atoms with van der Waals surface area (Å²) in [6.45, 7) is 7.60. The van der Waals surface area contributed by atoms with Gasteiger partial charge in [-0.1, -0.05) is 39.0 Å². The number of anilines is 2. The van der Waals surface area contributed by atoms with E-state index in [2.05, 4.69) is 10.6 Å². The fraction of sp³-hybridized carbons (Fsp3) is 0.273. The first-order chi connectivity index (χ1) is 13.6. The summed E-state index contributed by atoms with van der Waals surface area (Å²) in [6, 6.07) is 9.82. The van der Waals surface area contributed by atoms with Crippen LogP contribution in [0.15, 0.2) is 42.6 Å². The lowest BCUT2D eigenvalue weighted by molar-refractivity contribution is -0.110. The number of amides is 1. The summed E-state index contributed by atoms with van der Waals surface area (Å²) in [5.74, 6) is -0.655. The summed E-state index contributed by atoms with van der Waals surface area (Å²) >= 11 is 0. The quantitative estimate of drug-likeness (QED) is 0.426. The number of aryl methyl sites for hydroxylation is 1. The second-order valence-electron chi connectivity index (χ2n) is 8.00. The van der Waals surface area contributed by atoms with Crippen molar-refractivity contribution in [2.45, 2.75) is 27.7 Å². The molecule has 0 fully saturated rings. The van der Waals surface area contributed by atoms with Crippen LogP contribution in [-0.4, -0.2) is 18.7 Å². The molecule has 3 rings (SSSR count). The molecule has 6 nitrogen and oxygen atoms in total. The lowest BCUT2D eigenvalue weighted by atomic mass is 9.99. The minimum atomic E-state index is -0.858. The fourth-order valence-corrected chi connectivity index (χ4v) is 2.70. The molecule has 7 heteroatoms. The van der Waals surface area contributed by atoms with Crippen LogP contribution in [0.3, 0.4) is 0 Å². The molecule has 29 heavy (non-hydrogen) atoms. The van der Waals surface area contributed by atoms with Crippen molar-refractivity contribution >= 4 is 29.0 Å². The van der Waals surface area contributed by atoms with Gasteiger partial charge < -0.3 is 20.1 Å². The molecule has 1 heterocycles. The maximum atomic E-state index is 14.4. The summed E-state index contributed by atoms with van der Waals surface area (Å²) in [5, 5.41) is 5.54. The van der Waals surface area contributed by atoms with Crippen LogP contribution in [0.1, 0.15) is 31.9 Å². The second-order valence-corrected chi connectivity index (χ2v) is 8.00. The van der Waals surface area contributed by atoms with Gasteiger partial charge in [-0.25, -0.2) is 9.18 Å². The van der Waals surface area contributed by atoms with Gasteiger partial charge in [-0.05, 0) is 30.0 Å². The highest BCUT2D eigenvalue weighted by Crippen LogP contribution is 2.32. The van der Waals surface area contributed by atoms with Gasteiger partial charge in [0.15, 0.2) is 0 Å². The van der Waals surface area contributed by atoms with Crippen molar-refractivity contribution in [3.63, 3.8) is 0 Å². The monoisotopic (exact) mass is 398 g/mol. The molecule has 152 valence electrons. The predicted molar refractivity (Wildman–Crippen MR) is 109 cm³/mol. The number of ether oxygens (including phenoxy) is 2. The lowest BCUT2D eigenvalue weighted by Gasteiger charge is -2.18. The van der Waals surface area contributed by atoms with Gasteiger partial charge >= 0.3 is 6.16 Å². The zero-order valence-corrected chi connectivity index (χ0v) is 16.8. The third kappa shape index (κ3) is 4.93. The molecule has 1 aliphatic rings. The Balaban J connectivity index is 1.78.